The minimum atomic E-state index is -0.218. The molecule has 0 aromatic heterocycles. The number of anilines is 2. The van der Waals surface area contributed by atoms with Crippen LogP contribution in [-0.4, -0.2) is 56.6 Å². The monoisotopic (exact) mass is 521 g/mol. The van der Waals surface area contributed by atoms with Gasteiger partial charge in [-0.3, -0.25) is 9.59 Å². The van der Waals surface area contributed by atoms with E-state index in [1.807, 2.05) is 53.4 Å². The molecule has 3 aromatic rings. The molecule has 0 aliphatic carbocycles. The van der Waals surface area contributed by atoms with Crippen molar-refractivity contribution in [2.75, 3.05) is 50.1 Å². The predicted octanol–water partition coefficient (Wildman–Crippen LogP) is 5.45. The summed E-state index contributed by atoms with van der Waals surface area (Å²) < 4.78 is 10.9. The van der Waals surface area contributed by atoms with Gasteiger partial charge in [0.15, 0.2) is 6.61 Å². The van der Waals surface area contributed by atoms with Crippen LogP contribution in [0.1, 0.15) is 35.7 Å². The van der Waals surface area contributed by atoms with Crippen molar-refractivity contribution in [3.8, 4) is 11.5 Å². The summed E-state index contributed by atoms with van der Waals surface area (Å²) in [5, 5.41) is 3.37. The first kappa shape index (κ1) is 26.4. The molecule has 0 unspecified atom stereocenters. The number of hydrogen-bond donors (Lipinski definition) is 1. The van der Waals surface area contributed by atoms with Crippen molar-refractivity contribution < 1.29 is 19.1 Å². The number of rotatable bonds is 8. The normalized spacial score (nSPS) is 13.4. The minimum absolute atomic E-state index is 0.0593. The summed E-state index contributed by atoms with van der Waals surface area (Å²) >= 11 is 6.10. The molecule has 0 spiro atoms. The highest BCUT2D eigenvalue weighted by molar-refractivity contribution is 6.31. The molecule has 0 saturated carbocycles. The summed E-state index contributed by atoms with van der Waals surface area (Å²) in [6.07, 6.45) is 0. The molecule has 1 saturated heterocycles. The average Bonchev–Trinajstić information content (AvgIpc) is 2.92. The number of methoxy groups -OCH3 is 1. The molecule has 1 aliphatic rings. The van der Waals surface area contributed by atoms with Crippen molar-refractivity contribution in [3.63, 3.8) is 0 Å². The number of ether oxygens (including phenoxy) is 2. The molecule has 1 aliphatic heterocycles. The minimum Gasteiger partial charge on any atom is -0.496 e. The van der Waals surface area contributed by atoms with Crippen molar-refractivity contribution in [1.29, 1.82) is 0 Å². The smallest absolute Gasteiger partial charge is 0.262 e. The SMILES string of the molecule is COc1ccc(Cl)cc1C(=O)N1CCN(c2ccc(NC(=O)COc3ccc(C(C)C)cc3)cc2)CC1. The van der Waals surface area contributed by atoms with E-state index in [-0.39, 0.29) is 18.4 Å². The number of nitrogens with zero attached hydrogens (tertiary/aromatic N) is 2. The van der Waals surface area contributed by atoms with Gasteiger partial charge in [-0.15, -0.1) is 0 Å². The maximum absolute atomic E-state index is 13.0. The highest BCUT2D eigenvalue weighted by Crippen LogP contribution is 2.26. The lowest BCUT2D eigenvalue weighted by Crippen LogP contribution is -2.48. The molecule has 3 aromatic carbocycles. The number of halogens is 1. The van der Waals surface area contributed by atoms with Crippen LogP contribution in [0.3, 0.4) is 0 Å². The Hall–Kier alpha value is -3.71. The lowest BCUT2D eigenvalue weighted by Gasteiger charge is -2.36. The van der Waals surface area contributed by atoms with Gasteiger partial charge >= 0.3 is 0 Å². The van der Waals surface area contributed by atoms with Crippen LogP contribution in [-0.2, 0) is 4.79 Å². The molecule has 0 bridgehead atoms. The zero-order valence-corrected chi connectivity index (χ0v) is 22.1. The first-order valence-corrected chi connectivity index (χ1v) is 12.7. The molecule has 2 amide bonds. The predicted molar refractivity (Wildman–Crippen MR) is 147 cm³/mol. The second-order valence-corrected chi connectivity index (χ2v) is 9.67. The molecule has 37 heavy (non-hydrogen) atoms. The Morgan fingerprint density at radius 1 is 0.946 bits per heavy atom. The van der Waals surface area contributed by atoms with Crippen molar-refractivity contribution >= 4 is 34.8 Å². The third kappa shape index (κ3) is 6.74. The molecule has 7 nitrogen and oxygen atoms in total. The van der Waals surface area contributed by atoms with Crippen LogP contribution < -0.4 is 19.7 Å². The summed E-state index contributed by atoms with van der Waals surface area (Å²) in [7, 11) is 1.54. The van der Waals surface area contributed by atoms with E-state index in [2.05, 4.69) is 24.1 Å². The largest absolute Gasteiger partial charge is 0.496 e. The number of hydrogen-bond acceptors (Lipinski definition) is 5. The van der Waals surface area contributed by atoms with Gasteiger partial charge in [-0.05, 0) is 66.1 Å². The van der Waals surface area contributed by atoms with Crippen LogP contribution in [0.4, 0.5) is 11.4 Å². The van der Waals surface area contributed by atoms with Crippen molar-refractivity contribution in [1.82, 2.24) is 4.90 Å². The molecule has 4 rings (SSSR count). The topological polar surface area (TPSA) is 71.1 Å². The van der Waals surface area contributed by atoms with E-state index < -0.39 is 0 Å². The Balaban J connectivity index is 1.26. The number of nitrogens with one attached hydrogen (secondary N) is 1. The van der Waals surface area contributed by atoms with E-state index in [1.165, 1.54) is 5.56 Å². The maximum atomic E-state index is 13.0. The molecule has 1 heterocycles. The van der Waals surface area contributed by atoms with E-state index in [1.54, 1.807) is 25.3 Å². The number of benzene rings is 3. The first-order valence-electron chi connectivity index (χ1n) is 12.3. The Morgan fingerprint density at radius 2 is 1.62 bits per heavy atom. The molecule has 194 valence electrons. The van der Waals surface area contributed by atoms with E-state index in [0.717, 1.165) is 5.69 Å². The average molecular weight is 522 g/mol. The molecule has 0 atom stereocenters. The zero-order valence-electron chi connectivity index (χ0n) is 21.4. The summed E-state index contributed by atoms with van der Waals surface area (Å²) in [5.74, 6) is 1.33. The number of amides is 2. The van der Waals surface area contributed by atoms with Crippen LogP contribution in [0.25, 0.3) is 0 Å². The zero-order chi connectivity index (χ0) is 26.4. The van der Waals surface area contributed by atoms with E-state index in [0.29, 0.717) is 59.9 Å². The van der Waals surface area contributed by atoms with Gasteiger partial charge in [0.05, 0.1) is 12.7 Å². The van der Waals surface area contributed by atoms with Crippen molar-refractivity contribution in [2.45, 2.75) is 19.8 Å². The number of carbonyl (C=O) groups excluding carboxylic acids is 2. The Morgan fingerprint density at radius 3 is 2.24 bits per heavy atom. The second-order valence-electron chi connectivity index (χ2n) is 9.23. The summed E-state index contributed by atoms with van der Waals surface area (Å²) in [4.78, 5) is 29.4. The molecule has 1 fully saturated rings. The molecular weight excluding hydrogens is 490 g/mol. The Labute approximate surface area is 222 Å². The van der Waals surface area contributed by atoms with Gasteiger partial charge in [0.2, 0.25) is 0 Å². The Bertz CT molecular complexity index is 1220. The summed E-state index contributed by atoms with van der Waals surface area (Å²) in [6.45, 7) is 6.78. The third-order valence-electron chi connectivity index (χ3n) is 6.39. The molecule has 8 heteroatoms. The van der Waals surface area contributed by atoms with Crippen LogP contribution in [0.15, 0.2) is 66.7 Å². The van der Waals surface area contributed by atoms with E-state index in [4.69, 9.17) is 21.1 Å². The van der Waals surface area contributed by atoms with Crippen molar-refractivity contribution in [2.24, 2.45) is 0 Å². The fraction of sp³-hybridized carbons (Fsp3) is 0.310. The second kappa shape index (κ2) is 12.0. The van der Waals surface area contributed by atoms with E-state index >= 15 is 0 Å². The fourth-order valence-corrected chi connectivity index (χ4v) is 4.41. The quantitative estimate of drug-likeness (QED) is 0.426. The van der Waals surface area contributed by atoms with Gasteiger partial charge in [0, 0.05) is 42.6 Å². The van der Waals surface area contributed by atoms with E-state index in [9.17, 15) is 9.59 Å². The first-order chi connectivity index (χ1) is 17.8. The van der Waals surface area contributed by atoms with Crippen molar-refractivity contribution in [3.05, 3.63) is 82.9 Å². The van der Waals surface area contributed by atoms with Gasteiger partial charge < -0.3 is 24.6 Å². The third-order valence-corrected chi connectivity index (χ3v) is 6.63. The number of carbonyl (C=O) groups is 2. The highest BCUT2D eigenvalue weighted by Gasteiger charge is 2.24. The fourth-order valence-electron chi connectivity index (χ4n) is 4.24. The van der Waals surface area contributed by atoms with Crippen LogP contribution >= 0.6 is 11.6 Å². The van der Waals surface area contributed by atoms with Crippen LogP contribution in [0.2, 0.25) is 5.02 Å². The lowest BCUT2D eigenvalue weighted by atomic mass is 10.0. The van der Waals surface area contributed by atoms with Gasteiger partial charge in [0.1, 0.15) is 11.5 Å². The highest BCUT2D eigenvalue weighted by atomic mass is 35.5. The Kier molecular flexibility index (Phi) is 8.56. The van der Waals surface area contributed by atoms with Gasteiger partial charge in [-0.2, -0.15) is 0 Å². The van der Waals surface area contributed by atoms with Crippen LogP contribution in [0, 0.1) is 0 Å². The number of piperazine rings is 1. The van der Waals surface area contributed by atoms with Gasteiger partial charge in [-0.25, -0.2) is 0 Å². The van der Waals surface area contributed by atoms with Gasteiger partial charge in [-0.1, -0.05) is 37.6 Å². The maximum Gasteiger partial charge on any atom is 0.262 e. The van der Waals surface area contributed by atoms with Crippen LogP contribution in [0.5, 0.6) is 11.5 Å². The van der Waals surface area contributed by atoms with Gasteiger partial charge in [0.25, 0.3) is 11.8 Å². The summed E-state index contributed by atoms with van der Waals surface area (Å²) in [5.41, 5.74) is 3.44. The molecular formula is C29H32ClN3O4. The molecule has 0 radical (unpaired) electrons. The lowest BCUT2D eigenvalue weighted by molar-refractivity contribution is -0.118. The summed E-state index contributed by atoms with van der Waals surface area (Å²) in [6, 6.07) is 20.6. The molecule has 1 N–H and O–H groups in total. The standard InChI is InChI=1S/C29H32ClN3O4/c1-20(2)21-4-11-25(12-5-21)37-19-28(34)31-23-7-9-24(10-8-23)32-14-16-33(17-15-32)29(35)26-18-22(30)6-13-27(26)36-3/h4-13,18,20H,14-17,19H2,1-3H3,(H,31,34).